The summed E-state index contributed by atoms with van der Waals surface area (Å²) < 4.78 is 53.6. The van der Waals surface area contributed by atoms with E-state index in [1.807, 2.05) is 53.9 Å². The standard InChI is InChI=1S/C25H21F3N6O3/c1-16-12-21(24-30-23(32-37-24)18-5-7-19(8-6-18)36-25(26,27)28)31-34(16)14-17-9-10-29-22(13-17)33(2)15-20-4-3-11-35-20/h3-13H,14-15H2,1-2H3. The van der Waals surface area contributed by atoms with Crippen molar-refractivity contribution in [2.24, 2.45) is 0 Å². The molecule has 0 fully saturated rings. The lowest BCUT2D eigenvalue weighted by atomic mass is 10.2. The van der Waals surface area contributed by atoms with Gasteiger partial charge in [0.25, 0.3) is 5.89 Å². The number of benzene rings is 1. The van der Waals surface area contributed by atoms with Crippen LogP contribution in [0.2, 0.25) is 0 Å². The molecule has 0 saturated carbocycles. The van der Waals surface area contributed by atoms with E-state index in [9.17, 15) is 13.2 Å². The van der Waals surface area contributed by atoms with Crippen LogP contribution in [-0.2, 0) is 13.1 Å². The molecule has 0 aliphatic heterocycles. The molecule has 0 saturated heterocycles. The number of rotatable bonds is 8. The predicted octanol–water partition coefficient (Wildman–Crippen LogP) is 5.48. The Hall–Kier alpha value is -4.61. The van der Waals surface area contributed by atoms with Crippen LogP contribution in [0.4, 0.5) is 19.0 Å². The second-order valence-corrected chi connectivity index (χ2v) is 8.28. The Morgan fingerprint density at radius 2 is 1.89 bits per heavy atom. The number of halogens is 3. The molecule has 0 N–H and O–H groups in total. The number of hydrogen-bond donors (Lipinski definition) is 0. The molecule has 0 aliphatic rings. The maximum atomic E-state index is 12.4. The smallest absolute Gasteiger partial charge is 0.467 e. The highest BCUT2D eigenvalue weighted by Crippen LogP contribution is 2.27. The number of nitrogens with zero attached hydrogens (tertiary/aromatic N) is 6. The molecule has 12 heteroatoms. The molecule has 9 nitrogen and oxygen atoms in total. The number of aromatic nitrogens is 5. The van der Waals surface area contributed by atoms with E-state index in [1.54, 1.807) is 12.5 Å². The molecule has 0 radical (unpaired) electrons. The van der Waals surface area contributed by atoms with Crippen LogP contribution in [0.3, 0.4) is 0 Å². The molecule has 190 valence electrons. The van der Waals surface area contributed by atoms with Gasteiger partial charge in [-0.25, -0.2) is 4.98 Å². The number of alkyl halides is 3. The molecule has 0 bridgehead atoms. The van der Waals surface area contributed by atoms with Crippen molar-refractivity contribution in [3.05, 3.63) is 84.1 Å². The first-order valence-corrected chi connectivity index (χ1v) is 11.2. The first-order valence-electron chi connectivity index (χ1n) is 11.2. The van der Waals surface area contributed by atoms with Crippen molar-refractivity contribution >= 4 is 5.82 Å². The minimum absolute atomic E-state index is 0.195. The summed E-state index contributed by atoms with van der Waals surface area (Å²) in [6, 6.07) is 14.7. The molecule has 0 atom stereocenters. The molecule has 1 aromatic carbocycles. The van der Waals surface area contributed by atoms with Crippen molar-refractivity contribution in [2.75, 3.05) is 11.9 Å². The van der Waals surface area contributed by atoms with Crippen LogP contribution in [0.25, 0.3) is 23.0 Å². The molecule has 0 aliphatic carbocycles. The van der Waals surface area contributed by atoms with Gasteiger partial charge >= 0.3 is 6.36 Å². The second kappa shape index (κ2) is 9.80. The summed E-state index contributed by atoms with van der Waals surface area (Å²) in [7, 11) is 1.94. The minimum atomic E-state index is -4.76. The predicted molar refractivity (Wildman–Crippen MR) is 127 cm³/mol. The van der Waals surface area contributed by atoms with Gasteiger partial charge in [0, 0.05) is 24.5 Å². The van der Waals surface area contributed by atoms with Gasteiger partial charge in [0.1, 0.15) is 17.3 Å². The number of pyridine rings is 1. The van der Waals surface area contributed by atoms with Crippen molar-refractivity contribution in [1.82, 2.24) is 24.9 Å². The maximum Gasteiger partial charge on any atom is 0.573 e. The summed E-state index contributed by atoms with van der Waals surface area (Å²) in [4.78, 5) is 10.8. The lowest BCUT2D eigenvalue weighted by Gasteiger charge is -2.17. The molecule has 5 aromatic rings. The van der Waals surface area contributed by atoms with Crippen LogP contribution >= 0.6 is 0 Å². The van der Waals surface area contributed by atoms with Gasteiger partial charge in [0.15, 0.2) is 5.69 Å². The number of hydrogen-bond acceptors (Lipinski definition) is 8. The highest BCUT2D eigenvalue weighted by molar-refractivity contribution is 5.59. The molecule has 5 rings (SSSR count). The van der Waals surface area contributed by atoms with E-state index in [2.05, 4.69) is 25.0 Å². The Morgan fingerprint density at radius 3 is 2.62 bits per heavy atom. The third-order valence-electron chi connectivity index (χ3n) is 5.48. The average molecular weight is 510 g/mol. The quantitative estimate of drug-likeness (QED) is 0.271. The summed E-state index contributed by atoms with van der Waals surface area (Å²) in [6.45, 7) is 3.00. The van der Waals surface area contributed by atoms with Gasteiger partial charge < -0.3 is 18.6 Å². The summed E-state index contributed by atoms with van der Waals surface area (Å²) >= 11 is 0. The Labute approximate surface area is 209 Å². The van der Waals surface area contributed by atoms with Gasteiger partial charge in [0.2, 0.25) is 5.82 Å². The van der Waals surface area contributed by atoms with Crippen molar-refractivity contribution in [3.63, 3.8) is 0 Å². The third-order valence-corrected chi connectivity index (χ3v) is 5.48. The summed E-state index contributed by atoms with van der Waals surface area (Å²) in [5, 5.41) is 8.53. The third kappa shape index (κ3) is 5.80. The van der Waals surface area contributed by atoms with Gasteiger partial charge in [-0.3, -0.25) is 4.68 Å². The topological polar surface area (TPSA) is 95.2 Å². The van der Waals surface area contributed by atoms with E-state index in [-0.39, 0.29) is 17.5 Å². The molecule has 37 heavy (non-hydrogen) atoms. The van der Waals surface area contributed by atoms with Crippen LogP contribution in [-0.4, -0.2) is 38.3 Å². The van der Waals surface area contributed by atoms with E-state index in [0.29, 0.717) is 24.3 Å². The number of furan rings is 1. The molecular formula is C25H21F3N6O3. The SMILES string of the molecule is Cc1cc(-c2nc(-c3ccc(OC(F)(F)F)cc3)no2)nn1Cc1ccnc(N(C)Cc2ccco2)c1. The van der Waals surface area contributed by atoms with Crippen molar-refractivity contribution in [1.29, 1.82) is 0 Å². The Bertz CT molecular complexity index is 1480. The van der Waals surface area contributed by atoms with Crippen molar-refractivity contribution < 1.29 is 26.8 Å². The van der Waals surface area contributed by atoms with Crippen LogP contribution in [0.5, 0.6) is 5.75 Å². The largest absolute Gasteiger partial charge is 0.573 e. The summed E-state index contributed by atoms with van der Waals surface area (Å²) in [5.41, 5.74) is 2.84. The first kappa shape index (κ1) is 24.1. The zero-order chi connectivity index (χ0) is 26.0. The van der Waals surface area contributed by atoms with E-state index in [0.717, 1.165) is 22.8 Å². The lowest BCUT2D eigenvalue weighted by molar-refractivity contribution is -0.274. The van der Waals surface area contributed by atoms with Crippen LogP contribution in [0.1, 0.15) is 17.0 Å². The molecule has 4 aromatic heterocycles. The van der Waals surface area contributed by atoms with Gasteiger partial charge in [-0.1, -0.05) is 5.16 Å². The van der Waals surface area contributed by atoms with E-state index >= 15 is 0 Å². The Kier molecular flexibility index (Phi) is 6.38. The number of anilines is 1. The fraction of sp³-hybridized carbons (Fsp3) is 0.200. The Balaban J connectivity index is 1.29. The summed E-state index contributed by atoms with van der Waals surface area (Å²) in [6.07, 6.45) is -1.37. The van der Waals surface area contributed by atoms with E-state index in [4.69, 9.17) is 8.94 Å². The van der Waals surface area contributed by atoms with Gasteiger partial charge in [-0.15, -0.1) is 13.2 Å². The van der Waals surface area contributed by atoms with Crippen molar-refractivity contribution in [3.8, 4) is 28.7 Å². The van der Waals surface area contributed by atoms with Crippen LogP contribution in [0, 0.1) is 6.92 Å². The molecular weight excluding hydrogens is 489 g/mol. The number of ether oxygens (including phenoxy) is 1. The molecule has 0 unspecified atom stereocenters. The van der Waals surface area contributed by atoms with Crippen LogP contribution < -0.4 is 9.64 Å². The van der Waals surface area contributed by atoms with Gasteiger partial charge in [-0.05, 0) is 67.1 Å². The zero-order valence-corrected chi connectivity index (χ0v) is 19.8. The monoisotopic (exact) mass is 510 g/mol. The maximum absolute atomic E-state index is 12.4. The van der Waals surface area contributed by atoms with E-state index in [1.165, 1.54) is 24.3 Å². The molecule has 0 amide bonds. The van der Waals surface area contributed by atoms with Crippen LogP contribution in [0.15, 0.2) is 76.0 Å². The second-order valence-electron chi connectivity index (χ2n) is 8.28. The van der Waals surface area contributed by atoms with Gasteiger partial charge in [0.05, 0.1) is 19.4 Å². The fourth-order valence-corrected chi connectivity index (χ4v) is 3.68. The molecule has 0 spiro atoms. The molecule has 4 heterocycles. The Morgan fingerprint density at radius 1 is 1.08 bits per heavy atom. The highest BCUT2D eigenvalue weighted by Gasteiger charge is 2.31. The van der Waals surface area contributed by atoms with Gasteiger partial charge in [-0.2, -0.15) is 10.1 Å². The average Bonchev–Trinajstić information content (AvgIpc) is 3.61. The van der Waals surface area contributed by atoms with Crippen molar-refractivity contribution in [2.45, 2.75) is 26.4 Å². The zero-order valence-electron chi connectivity index (χ0n) is 19.8. The summed E-state index contributed by atoms with van der Waals surface area (Å²) in [5.74, 6) is 1.72. The fourth-order valence-electron chi connectivity index (χ4n) is 3.68. The highest BCUT2D eigenvalue weighted by atomic mass is 19.4. The number of aryl methyl sites for hydroxylation is 1. The first-order chi connectivity index (χ1) is 17.7. The normalized spacial score (nSPS) is 11.6. The van der Waals surface area contributed by atoms with E-state index < -0.39 is 6.36 Å². The minimum Gasteiger partial charge on any atom is -0.467 e. The lowest BCUT2D eigenvalue weighted by Crippen LogP contribution is -2.17.